The Kier molecular flexibility index (Phi) is 7.33. The normalized spacial score (nSPS) is 17.2. The lowest BCUT2D eigenvalue weighted by molar-refractivity contribution is 0.659. The van der Waals surface area contributed by atoms with E-state index in [-0.39, 0.29) is 16.2 Å². The molecule has 0 saturated heterocycles. The zero-order valence-corrected chi connectivity index (χ0v) is 37.0. The number of hydrogen-bond donors (Lipinski definition) is 0. The fraction of sp³-hybridized carbons (Fsp3) is 0.186. The van der Waals surface area contributed by atoms with Gasteiger partial charge in [0.25, 0.3) is 0 Å². The second kappa shape index (κ2) is 12.2. The quantitative estimate of drug-likeness (QED) is 0.166. The Morgan fingerprint density at radius 3 is 1.02 bits per heavy atom. The van der Waals surface area contributed by atoms with Gasteiger partial charge >= 0.3 is 0 Å². The molecule has 4 aliphatic carbocycles. The van der Waals surface area contributed by atoms with Gasteiger partial charge in [0.1, 0.15) is 0 Å². The van der Waals surface area contributed by atoms with E-state index in [9.17, 15) is 0 Å². The van der Waals surface area contributed by atoms with E-state index in [1.54, 1.807) is 0 Å². The van der Waals surface area contributed by atoms with Crippen LogP contribution < -0.4 is 0 Å². The summed E-state index contributed by atoms with van der Waals surface area (Å²) in [6.07, 6.45) is 0. The second-order valence-corrected chi connectivity index (χ2v) is 20.4. The summed E-state index contributed by atoms with van der Waals surface area (Å²) in [5.41, 5.74) is 29.6. The van der Waals surface area contributed by atoms with Crippen molar-refractivity contribution >= 4 is 15.9 Å². The first-order valence-electron chi connectivity index (χ1n) is 21.6. The van der Waals surface area contributed by atoms with Gasteiger partial charge in [0, 0.05) is 26.6 Å². The number of rotatable bonds is 3. The van der Waals surface area contributed by atoms with E-state index in [2.05, 4.69) is 216 Å². The Morgan fingerprint density at radius 1 is 0.317 bits per heavy atom. The molecule has 0 heterocycles. The molecule has 0 aromatic heterocycles. The minimum absolute atomic E-state index is 0.0546. The summed E-state index contributed by atoms with van der Waals surface area (Å²) in [4.78, 5) is 0. The van der Waals surface area contributed by atoms with E-state index in [1.807, 2.05) is 0 Å². The fourth-order valence-corrected chi connectivity index (χ4v) is 12.1. The first kappa shape index (κ1) is 36.1. The maximum Gasteiger partial charge on any atom is 0.0178 e. The van der Waals surface area contributed by atoms with Crippen molar-refractivity contribution in [3.8, 4) is 77.9 Å². The van der Waals surface area contributed by atoms with Crippen molar-refractivity contribution in [3.63, 3.8) is 0 Å². The molecule has 8 aromatic rings. The average Bonchev–Trinajstić information content (AvgIpc) is 3.85. The number of halogens is 1. The van der Waals surface area contributed by atoms with Crippen LogP contribution in [0.2, 0.25) is 0 Å². The summed E-state index contributed by atoms with van der Waals surface area (Å²) in [6.45, 7) is 16.7. The van der Waals surface area contributed by atoms with Crippen molar-refractivity contribution < 1.29 is 0 Å². The molecule has 12 rings (SSSR count). The smallest absolute Gasteiger partial charge is 0.0178 e. The minimum atomic E-state index is -0.129. The molecule has 1 unspecified atom stereocenters. The molecule has 8 aromatic carbocycles. The van der Waals surface area contributed by atoms with Gasteiger partial charge in [-0.1, -0.05) is 168 Å². The van der Waals surface area contributed by atoms with Crippen LogP contribution in [0.25, 0.3) is 77.9 Å². The molecule has 0 radical (unpaired) electrons. The van der Waals surface area contributed by atoms with E-state index in [0.717, 1.165) is 4.47 Å². The lowest BCUT2D eigenvalue weighted by Gasteiger charge is -2.24. The Hall–Kier alpha value is -5.76. The molecule has 0 N–H and O–H groups in total. The first-order valence-corrected chi connectivity index (χ1v) is 22.4. The van der Waals surface area contributed by atoms with Gasteiger partial charge in [0.05, 0.1) is 0 Å². The first-order chi connectivity index (χ1) is 28.8. The third kappa shape index (κ3) is 4.85. The summed E-state index contributed by atoms with van der Waals surface area (Å²) >= 11 is 3.72. The number of benzene rings is 8. The minimum Gasteiger partial charge on any atom is -0.0619 e. The van der Waals surface area contributed by atoms with Crippen LogP contribution in [0.3, 0.4) is 0 Å². The molecule has 0 bridgehead atoms. The van der Waals surface area contributed by atoms with Crippen molar-refractivity contribution in [1.29, 1.82) is 0 Å². The molecule has 290 valence electrons. The van der Waals surface area contributed by atoms with Crippen LogP contribution in [0.1, 0.15) is 98.9 Å². The van der Waals surface area contributed by atoms with Gasteiger partial charge in [0.2, 0.25) is 0 Å². The Bertz CT molecular complexity index is 3200. The maximum atomic E-state index is 3.72. The predicted octanol–water partition coefficient (Wildman–Crippen LogP) is 16.5. The summed E-state index contributed by atoms with van der Waals surface area (Å²) in [7, 11) is 0. The van der Waals surface area contributed by atoms with Crippen LogP contribution in [0.5, 0.6) is 0 Å². The largest absolute Gasteiger partial charge is 0.0619 e. The van der Waals surface area contributed by atoms with Gasteiger partial charge in [-0.15, -0.1) is 0 Å². The second-order valence-electron chi connectivity index (χ2n) is 19.5. The molecule has 0 saturated carbocycles. The summed E-state index contributed by atoms with van der Waals surface area (Å²) in [6, 6.07) is 58.6. The molecule has 0 fully saturated rings. The van der Waals surface area contributed by atoms with Gasteiger partial charge < -0.3 is 0 Å². The average molecular weight is 836 g/mol. The van der Waals surface area contributed by atoms with Crippen molar-refractivity contribution in [2.45, 2.75) is 70.6 Å². The van der Waals surface area contributed by atoms with Gasteiger partial charge in [-0.25, -0.2) is 0 Å². The SMILES string of the molecule is CC1c2ccccc2-c2ccc(-c3ccc4c(c3)C(C)(C)c3cc(-c5ccc6c(c5)C(C)(C)c5cc(-c7ccc8c(c7)C(C)(C)c7cc(Br)ccc7-8)ccc5-6)ccc3-4)cc21. The molecule has 4 aliphatic rings. The Balaban J connectivity index is 0.857. The zero-order chi connectivity index (χ0) is 41.0. The molecule has 0 spiro atoms. The predicted molar refractivity (Wildman–Crippen MR) is 256 cm³/mol. The Morgan fingerprint density at radius 2 is 0.617 bits per heavy atom. The third-order valence-electron chi connectivity index (χ3n) is 15.2. The van der Waals surface area contributed by atoms with E-state index >= 15 is 0 Å². The van der Waals surface area contributed by atoms with Crippen LogP contribution in [0.15, 0.2) is 156 Å². The zero-order valence-electron chi connectivity index (χ0n) is 35.4. The molecule has 0 amide bonds. The molecule has 1 atom stereocenters. The maximum absolute atomic E-state index is 3.72. The monoisotopic (exact) mass is 834 g/mol. The highest BCUT2D eigenvalue weighted by Gasteiger charge is 2.39. The standard InChI is InChI=1S/C59H47Br/c1-33-41-10-8-9-11-42(41)43-19-12-34(26-50(33)43)35-13-20-44-45-21-14-36(28-52(45)57(2,3)51(44)27-35)37-15-22-46-47-23-16-38(30-54(47)58(4,5)53(46)29-37)39-17-24-48-49-25-18-40(60)32-56(49)59(6,7)55(48)31-39/h8-33H,1-7H3. The van der Waals surface area contributed by atoms with Gasteiger partial charge in [0.15, 0.2) is 0 Å². The van der Waals surface area contributed by atoms with Crippen molar-refractivity contribution in [2.75, 3.05) is 0 Å². The van der Waals surface area contributed by atoms with Crippen LogP contribution in [0, 0.1) is 0 Å². The van der Waals surface area contributed by atoms with Gasteiger partial charge in [-0.3, -0.25) is 0 Å². The van der Waals surface area contributed by atoms with E-state index in [1.165, 1.54) is 122 Å². The lowest BCUT2D eigenvalue weighted by atomic mass is 9.79. The van der Waals surface area contributed by atoms with Gasteiger partial charge in [-0.2, -0.15) is 0 Å². The van der Waals surface area contributed by atoms with Crippen molar-refractivity contribution in [1.82, 2.24) is 0 Å². The highest BCUT2D eigenvalue weighted by molar-refractivity contribution is 9.10. The number of fused-ring (bicyclic) bond motifs is 12. The summed E-state index contributed by atoms with van der Waals surface area (Å²) in [5.74, 6) is 0.409. The van der Waals surface area contributed by atoms with Crippen LogP contribution >= 0.6 is 15.9 Å². The third-order valence-corrected chi connectivity index (χ3v) is 15.7. The molecule has 1 heteroatoms. The molecule has 60 heavy (non-hydrogen) atoms. The highest BCUT2D eigenvalue weighted by atomic mass is 79.9. The van der Waals surface area contributed by atoms with E-state index in [4.69, 9.17) is 0 Å². The van der Waals surface area contributed by atoms with Crippen LogP contribution in [-0.4, -0.2) is 0 Å². The molecule has 0 aliphatic heterocycles. The summed E-state index contributed by atoms with van der Waals surface area (Å²) in [5, 5.41) is 0. The van der Waals surface area contributed by atoms with Crippen molar-refractivity contribution in [3.05, 3.63) is 201 Å². The lowest BCUT2D eigenvalue weighted by Crippen LogP contribution is -2.16. The topological polar surface area (TPSA) is 0 Å². The van der Waals surface area contributed by atoms with Crippen LogP contribution in [0.4, 0.5) is 0 Å². The molecular formula is C59H47Br. The van der Waals surface area contributed by atoms with E-state index < -0.39 is 0 Å². The number of hydrogen-bond acceptors (Lipinski definition) is 0. The van der Waals surface area contributed by atoms with E-state index in [0.29, 0.717) is 5.92 Å². The molecule has 0 nitrogen and oxygen atoms in total. The van der Waals surface area contributed by atoms with Crippen molar-refractivity contribution in [2.24, 2.45) is 0 Å². The Labute approximate surface area is 363 Å². The van der Waals surface area contributed by atoms with Gasteiger partial charge in [-0.05, 0) is 171 Å². The highest BCUT2D eigenvalue weighted by Crippen LogP contribution is 2.55. The molecular weight excluding hydrogens is 789 g/mol. The fourth-order valence-electron chi connectivity index (χ4n) is 11.7. The van der Waals surface area contributed by atoms with Crippen LogP contribution in [-0.2, 0) is 16.2 Å². The summed E-state index contributed by atoms with van der Waals surface area (Å²) < 4.78 is 1.14.